The van der Waals surface area contributed by atoms with E-state index in [9.17, 15) is 9.59 Å². The molecule has 24 heavy (non-hydrogen) atoms. The van der Waals surface area contributed by atoms with Crippen molar-refractivity contribution in [2.45, 2.75) is 32.7 Å². The number of amides is 1. The van der Waals surface area contributed by atoms with E-state index >= 15 is 0 Å². The summed E-state index contributed by atoms with van der Waals surface area (Å²) < 4.78 is 1.41. The van der Waals surface area contributed by atoms with Crippen LogP contribution in [-0.4, -0.2) is 20.4 Å². The predicted octanol–water partition coefficient (Wildman–Crippen LogP) is 2.79. The molecule has 2 heterocycles. The number of nitrogens with one attached hydrogen (secondary N) is 1. The number of para-hydroxylation sites is 2. The summed E-state index contributed by atoms with van der Waals surface area (Å²) in [6.45, 7) is 6.12. The number of carbonyl (C=O) groups excluding carboxylic acids is 1. The van der Waals surface area contributed by atoms with E-state index in [-0.39, 0.29) is 23.4 Å². The Kier molecular flexibility index (Phi) is 4.19. The van der Waals surface area contributed by atoms with Gasteiger partial charge in [0.05, 0.1) is 22.9 Å². The van der Waals surface area contributed by atoms with E-state index in [2.05, 4.69) is 36.1 Å². The molecule has 7 heteroatoms. The lowest BCUT2D eigenvalue weighted by molar-refractivity contribution is -0.116. The summed E-state index contributed by atoms with van der Waals surface area (Å²) in [6, 6.07) is 7.24. The van der Waals surface area contributed by atoms with Crippen molar-refractivity contribution in [3.8, 4) is 0 Å². The van der Waals surface area contributed by atoms with Crippen molar-refractivity contribution in [3.05, 3.63) is 51.9 Å². The number of thiazole rings is 1. The fourth-order valence-corrected chi connectivity index (χ4v) is 3.21. The molecule has 1 aromatic carbocycles. The van der Waals surface area contributed by atoms with Crippen LogP contribution in [0.4, 0.5) is 5.13 Å². The lowest BCUT2D eigenvalue weighted by Gasteiger charge is -2.14. The summed E-state index contributed by atoms with van der Waals surface area (Å²) in [5.74, 6) is -0.289. The molecule has 0 saturated carbocycles. The molecule has 2 aromatic heterocycles. The lowest BCUT2D eigenvalue weighted by atomic mass is 9.93. The Labute approximate surface area is 143 Å². The van der Waals surface area contributed by atoms with Crippen molar-refractivity contribution in [3.63, 3.8) is 0 Å². The van der Waals surface area contributed by atoms with Gasteiger partial charge in [0.25, 0.3) is 5.56 Å². The molecule has 1 amide bonds. The zero-order valence-corrected chi connectivity index (χ0v) is 14.6. The molecule has 0 aliphatic heterocycles. The Morgan fingerprint density at radius 3 is 2.75 bits per heavy atom. The number of fused-ring (bicyclic) bond motifs is 1. The van der Waals surface area contributed by atoms with Gasteiger partial charge in [-0.15, -0.1) is 11.3 Å². The van der Waals surface area contributed by atoms with Gasteiger partial charge in [0.1, 0.15) is 6.54 Å². The first-order valence-electron chi connectivity index (χ1n) is 7.55. The van der Waals surface area contributed by atoms with Crippen LogP contribution >= 0.6 is 11.3 Å². The molecule has 1 N–H and O–H groups in total. The zero-order valence-electron chi connectivity index (χ0n) is 13.7. The van der Waals surface area contributed by atoms with E-state index in [1.807, 2.05) is 17.5 Å². The number of benzene rings is 1. The maximum Gasteiger partial charge on any atom is 0.269 e. The van der Waals surface area contributed by atoms with Gasteiger partial charge in [-0.3, -0.25) is 14.2 Å². The van der Waals surface area contributed by atoms with Crippen molar-refractivity contribution in [2.75, 3.05) is 5.32 Å². The maximum atomic E-state index is 12.3. The molecule has 0 fully saturated rings. The van der Waals surface area contributed by atoms with E-state index in [4.69, 9.17) is 0 Å². The summed E-state index contributed by atoms with van der Waals surface area (Å²) in [5.41, 5.74) is 1.86. The molecule has 124 valence electrons. The Morgan fingerprint density at radius 2 is 2.04 bits per heavy atom. The highest BCUT2D eigenvalue weighted by molar-refractivity contribution is 7.13. The van der Waals surface area contributed by atoms with Gasteiger partial charge >= 0.3 is 0 Å². The van der Waals surface area contributed by atoms with Crippen LogP contribution in [0, 0.1) is 0 Å². The highest BCUT2D eigenvalue weighted by Gasteiger charge is 2.18. The first kappa shape index (κ1) is 16.3. The van der Waals surface area contributed by atoms with Gasteiger partial charge in [-0.05, 0) is 12.1 Å². The number of hydrogen-bond acceptors (Lipinski definition) is 5. The van der Waals surface area contributed by atoms with Gasteiger partial charge in [0, 0.05) is 10.8 Å². The van der Waals surface area contributed by atoms with Crippen LogP contribution in [0.3, 0.4) is 0 Å². The minimum Gasteiger partial charge on any atom is -0.300 e. The summed E-state index contributed by atoms with van der Waals surface area (Å²) in [6.07, 6.45) is 1.23. The van der Waals surface area contributed by atoms with Gasteiger partial charge in [-0.1, -0.05) is 32.9 Å². The number of nitrogens with zero attached hydrogens (tertiary/aromatic N) is 3. The molecule has 0 bridgehead atoms. The van der Waals surface area contributed by atoms with Gasteiger partial charge in [-0.25, -0.2) is 9.97 Å². The van der Waals surface area contributed by atoms with Crippen molar-refractivity contribution in [1.82, 2.24) is 14.5 Å². The summed E-state index contributed by atoms with van der Waals surface area (Å²) >= 11 is 1.38. The highest BCUT2D eigenvalue weighted by Crippen LogP contribution is 2.26. The average molecular weight is 342 g/mol. The van der Waals surface area contributed by atoms with Gasteiger partial charge in [0.2, 0.25) is 5.91 Å². The van der Waals surface area contributed by atoms with E-state index in [1.165, 1.54) is 22.1 Å². The second-order valence-corrected chi connectivity index (χ2v) is 7.37. The lowest BCUT2D eigenvalue weighted by Crippen LogP contribution is -2.28. The first-order valence-corrected chi connectivity index (χ1v) is 8.43. The molecule has 0 unspecified atom stereocenters. The van der Waals surface area contributed by atoms with Gasteiger partial charge in [-0.2, -0.15) is 0 Å². The Hall–Kier alpha value is -2.54. The monoisotopic (exact) mass is 342 g/mol. The van der Waals surface area contributed by atoms with E-state index in [1.54, 1.807) is 12.1 Å². The summed E-state index contributed by atoms with van der Waals surface area (Å²) in [5, 5.41) is 5.24. The SMILES string of the molecule is CC(C)(C)c1csc(NC(=O)Cn2c(=O)cnc3ccccc32)n1. The molecule has 0 saturated heterocycles. The van der Waals surface area contributed by atoms with Gasteiger partial charge in [0.15, 0.2) is 5.13 Å². The topological polar surface area (TPSA) is 76.9 Å². The molecule has 0 atom stereocenters. The standard InChI is InChI=1S/C17H18N4O2S/c1-17(2,3)13-10-24-16(19-13)20-14(22)9-21-12-7-5-4-6-11(12)18-8-15(21)23/h4-8,10H,9H2,1-3H3,(H,19,20,22). The summed E-state index contributed by atoms with van der Waals surface area (Å²) in [7, 11) is 0. The Morgan fingerprint density at radius 1 is 1.29 bits per heavy atom. The van der Waals surface area contributed by atoms with E-state index < -0.39 is 0 Å². The number of carbonyl (C=O) groups is 1. The van der Waals surface area contributed by atoms with Crippen LogP contribution in [0.2, 0.25) is 0 Å². The quantitative estimate of drug-likeness (QED) is 0.794. The third kappa shape index (κ3) is 3.35. The number of rotatable bonds is 3. The molecule has 6 nitrogen and oxygen atoms in total. The Balaban J connectivity index is 1.82. The molecule has 3 aromatic rings. The number of aromatic nitrogens is 3. The maximum absolute atomic E-state index is 12.3. The third-order valence-electron chi connectivity index (χ3n) is 3.57. The largest absolute Gasteiger partial charge is 0.300 e. The normalized spacial score (nSPS) is 11.6. The minimum atomic E-state index is -0.307. The van der Waals surface area contributed by atoms with Crippen LogP contribution in [0.5, 0.6) is 0 Å². The zero-order chi connectivity index (χ0) is 17.3. The second-order valence-electron chi connectivity index (χ2n) is 6.51. The smallest absolute Gasteiger partial charge is 0.269 e. The molecule has 0 aliphatic carbocycles. The average Bonchev–Trinajstić information content (AvgIpc) is 2.99. The Bertz CT molecular complexity index is 953. The second kappa shape index (κ2) is 6.16. The van der Waals surface area contributed by atoms with E-state index in [0.29, 0.717) is 16.2 Å². The van der Waals surface area contributed by atoms with Crippen molar-refractivity contribution < 1.29 is 4.79 Å². The van der Waals surface area contributed by atoms with Crippen LogP contribution < -0.4 is 10.9 Å². The fraction of sp³-hybridized carbons (Fsp3) is 0.294. The van der Waals surface area contributed by atoms with Crippen LogP contribution in [0.1, 0.15) is 26.5 Å². The van der Waals surface area contributed by atoms with Crippen LogP contribution in [0.25, 0.3) is 11.0 Å². The van der Waals surface area contributed by atoms with Crippen molar-refractivity contribution in [1.29, 1.82) is 0 Å². The molecule has 0 spiro atoms. The minimum absolute atomic E-state index is 0.0717. The van der Waals surface area contributed by atoms with E-state index in [0.717, 1.165) is 5.69 Å². The first-order chi connectivity index (χ1) is 11.3. The number of hydrogen-bond donors (Lipinski definition) is 1. The van der Waals surface area contributed by atoms with Crippen molar-refractivity contribution in [2.24, 2.45) is 0 Å². The number of anilines is 1. The molecule has 0 aliphatic rings. The predicted molar refractivity (Wildman–Crippen MR) is 95.4 cm³/mol. The molecule has 3 rings (SSSR count). The molecular formula is C17H18N4O2S. The van der Waals surface area contributed by atoms with Crippen LogP contribution in [0.15, 0.2) is 40.6 Å². The molecular weight excluding hydrogens is 324 g/mol. The van der Waals surface area contributed by atoms with Crippen molar-refractivity contribution >= 4 is 33.4 Å². The van der Waals surface area contributed by atoms with Gasteiger partial charge < -0.3 is 5.32 Å². The highest BCUT2D eigenvalue weighted by atomic mass is 32.1. The third-order valence-corrected chi connectivity index (χ3v) is 4.33. The fourth-order valence-electron chi connectivity index (χ4n) is 2.26. The summed E-state index contributed by atoms with van der Waals surface area (Å²) in [4.78, 5) is 32.9. The molecule has 0 radical (unpaired) electrons. The van der Waals surface area contributed by atoms with Crippen LogP contribution in [-0.2, 0) is 16.8 Å².